The van der Waals surface area contributed by atoms with Crippen molar-refractivity contribution in [2.24, 2.45) is 5.92 Å². The highest BCUT2D eigenvalue weighted by molar-refractivity contribution is 7.99. The summed E-state index contributed by atoms with van der Waals surface area (Å²) >= 11 is 1.57. The highest BCUT2D eigenvalue weighted by Gasteiger charge is 2.38. The van der Waals surface area contributed by atoms with Crippen LogP contribution in [0.5, 0.6) is 0 Å². The Kier molecular flexibility index (Phi) is 4.71. The van der Waals surface area contributed by atoms with E-state index < -0.39 is 0 Å². The molecule has 0 unspecified atom stereocenters. The first-order chi connectivity index (χ1) is 10.7. The van der Waals surface area contributed by atoms with Crippen molar-refractivity contribution in [2.45, 2.75) is 18.9 Å². The molecule has 3 aliphatic rings. The third-order valence-corrected chi connectivity index (χ3v) is 5.15. The minimum atomic E-state index is 0.0941. The van der Waals surface area contributed by atoms with Crippen LogP contribution in [0.4, 0.5) is 0 Å². The van der Waals surface area contributed by atoms with Crippen LogP contribution < -0.4 is 0 Å². The van der Waals surface area contributed by atoms with E-state index >= 15 is 0 Å². The fraction of sp³-hybridized carbons (Fsp3) is 0.529. The van der Waals surface area contributed by atoms with Gasteiger partial charge in [0.1, 0.15) is 0 Å². The zero-order valence-corrected chi connectivity index (χ0v) is 13.7. The summed E-state index contributed by atoms with van der Waals surface area (Å²) in [5.41, 5.74) is 0.741. The molecule has 3 aliphatic heterocycles. The molecular formula is C17H22N2O2S. The molecule has 1 aromatic carbocycles. The minimum absolute atomic E-state index is 0.0941. The van der Waals surface area contributed by atoms with Crippen LogP contribution in [0.3, 0.4) is 0 Å². The van der Waals surface area contributed by atoms with Gasteiger partial charge in [0.2, 0.25) is 5.91 Å². The second-order valence-corrected chi connectivity index (χ2v) is 7.02. The molecule has 0 aliphatic carbocycles. The van der Waals surface area contributed by atoms with Crippen LogP contribution in [0.2, 0.25) is 0 Å². The smallest absolute Gasteiger partial charge is 0.253 e. The van der Waals surface area contributed by atoms with Crippen molar-refractivity contribution >= 4 is 23.6 Å². The highest BCUT2D eigenvalue weighted by atomic mass is 32.2. The van der Waals surface area contributed by atoms with Gasteiger partial charge in [0.05, 0.1) is 5.75 Å². The normalized spacial score (nSPS) is 24.2. The molecule has 2 amide bonds. The molecular weight excluding hydrogens is 296 g/mol. The molecule has 1 aromatic rings. The second kappa shape index (κ2) is 6.73. The Hall–Kier alpha value is -1.49. The summed E-state index contributed by atoms with van der Waals surface area (Å²) in [6.07, 6.45) is 4.09. The van der Waals surface area contributed by atoms with Gasteiger partial charge in [-0.1, -0.05) is 18.2 Å². The second-order valence-electron chi connectivity index (χ2n) is 6.15. The first kappa shape index (κ1) is 15.4. The molecule has 0 saturated carbocycles. The maximum Gasteiger partial charge on any atom is 0.253 e. The summed E-state index contributed by atoms with van der Waals surface area (Å²) in [5.74, 6) is 1.26. The van der Waals surface area contributed by atoms with Crippen LogP contribution in [0.1, 0.15) is 23.2 Å². The predicted molar refractivity (Wildman–Crippen MR) is 89.0 cm³/mol. The average Bonchev–Trinajstić information content (AvgIpc) is 2.87. The lowest BCUT2D eigenvalue weighted by Crippen LogP contribution is -2.48. The molecule has 5 heteroatoms. The van der Waals surface area contributed by atoms with Crippen LogP contribution in [-0.2, 0) is 4.79 Å². The summed E-state index contributed by atoms with van der Waals surface area (Å²) in [6.45, 7) is 2.25. The van der Waals surface area contributed by atoms with Crippen LogP contribution >= 0.6 is 11.8 Å². The van der Waals surface area contributed by atoms with Crippen molar-refractivity contribution in [3.05, 3.63) is 35.9 Å². The fourth-order valence-corrected chi connectivity index (χ4v) is 3.94. The summed E-state index contributed by atoms with van der Waals surface area (Å²) in [4.78, 5) is 28.9. The van der Waals surface area contributed by atoms with Crippen molar-refractivity contribution in [3.8, 4) is 0 Å². The number of carbonyl (C=O) groups is 2. The number of rotatable bonds is 3. The van der Waals surface area contributed by atoms with Gasteiger partial charge in [0.15, 0.2) is 0 Å². The molecule has 0 N–H and O–H groups in total. The van der Waals surface area contributed by atoms with E-state index in [9.17, 15) is 9.59 Å². The Morgan fingerprint density at radius 3 is 2.64 bits per heavy atom. The maximum absolute atomic E-state index is 12.7. The Morgan fingerprint density at radius 2 is 1.91 bits per heavy atom. The van der Waals surface area contributed by atoms with Crippen molar-refractivity contribution < 1.29 is 9.59 Å². The van der Waals surface area contributed by atoms with Crippen LogP contribution in [0.15, 0.2) is 30.3 Å². The van der Waals surface area contributed by atoms with Gasteiger partial charge in [-0.3, -0.25) is 9.59 Å². The minimum Gasteiger partial charge on any atom is -0.337 e. The van der Waals surface area contributed by atoms with Crippen LogP contribution in [0, 0.1) is 5.92 Å². The van der Waals surface area contributed by atoms with E-state index in [1.54, 1.807) is 11.8 Å². The topological polar surface area (TPSA) is 40.6 Å². The van der Waals surface area contributed by atoms with E-state index in [0.717, 1.165) is 31.5 Å². The zero-order chi connectivity index (χ0) is 15.5. The largest absolute Gasteiger partial charge is 0.337 e. The van der Waals surface area contributed by atoms with E-state index in [-0.39, 0.29) is 17.9 Å². The first-order valence-electron chi connectivity index (χ1n) is 7.81. The molecule has 118 valence electrons. The third-order valence-electron chi connectivity index (χ3n) is 4.61. The van der Waals surface area contributed by atoms with Gasteiger partial charge in [-0.25, -0.2) is 0 Å². The van der Waals surface area contributed by atoms with Crippen molar-refractivity contribution in [3.63, 3.8) is 0 Å². The first-order valence-corrected chi connectivity index (χ1v) is 9.21. The molecule has 0 spiro atoms. The number of nitrogens with zero attached hydrogens (tertiary/aromatic N) is 2. The number of fused-ring (bicyclic) bond motifs is 4. The van der Waals surface area contributed by atoms with E-state index in [4.69, 9.17) is 0 Å². The fourth-order valence-electron chi connectivity index (χ4n) is 3.52. The quantitative estimate of drug-likeness (QED) is 0.857. The molecule has 3 heterocycles. The summed E-state index contributed by atoms with van der Waals surface area (Å²) in [6, 6.07) is 9.64. The Morgan fingerprint density at radius 1 is 1.14 bits per heavy atom. The van der Waals surface area contributed by atoms with Gasteiger partial charge in [-0.15, -0.1) is 0 Å². The van der Waals surface area contributed by atoms with Gasteiger partial charge in [-0.05, 0) is 37.1 Å². The summed E-state index contributed by atoms with van der Waals surface area (Å²) in [7, 11) is 0. The van der Waals surface area contributed by atoms with Crippen LogP contribution in [0.25, 0.3) is 0 Å². The lowest BCUT2D eigenvalue weighted by Gasteiger charge is -2.36. The third kappa shape index (κ3) is 3.14. The van der Waals surface area contributed by atoms with E-state index in [0.29, 0.717) is 18.2 Å². The molecule has 22 heavy (non-hydrogen) atoms. The zero-order valence-electron chi connectivity index (χ0n) is 12.9. The molecule has 0 radical (unpaired) electrons. The Balaban J connectivity index is 1.75. The predicted octanol–water partition coefficient (Wildman–Crippen LogP) is 2.11. The maximum atomic E-state index is 12.7. The van der Waals surface area contributed by atoms with Crippen molar-refractivity contribution in [1.29, 1.82) is 0 Å². The molecule has 2 bridgehead atoms. The number of hydrogen-bond acceptors (Lipinski definition) is 3. The standard InChI is InChI=1S/C17H22N2O2S/c1-22-12-16(20)19-10-13-7-8-15(19)11-18(9-13)17(21)14-5-3-2-4-6-14/h2-6,13,15H,7-12H2,1H3/t13-,15+/m0/s1. The summed E-state index contributed by atoms with van der Waals surface area (Å²) in [5, 5.41) is 0. The number of benzene rings is 1. The highest BCUT2D eigenvalue weighted by Crippen LogP contribution is 2.29. The number of piperidine rings is 1. The number of thioether (sulfide) groups is 1. The van der Waals surface area contributed by atoms with E-state index in [2.05, 4.69) is 0 Å². The lowest BCUT2D eigenvalue weighted by atomic mass is 9.95. The Labute approximate surface area is 135 Å². The average molecular weight is 318 g/mol. The van der Waals surface area contributed by atoms with Gasteiger partial charge >= 0.3 is 0 Å². The number of hydrogen-bond donors (Lipinski definition) is 0. The van der Waals surface area contributed by atoms with Crippen molar-refractivity contribution in [2.75, 3.05) is 31.6 Å². The molecule has 3 fully saturated rings. The van der Waals surface area contributed by atoms with Gasteiger partial charge in [0.25, 0.3) is 5.91 Å². The van der Waals surface area contributed by atoms with Crippen LogP contribution in [-0.4, -0.2) is 59.3 Å². The molecule has 4 nitrogen and oxygen atoms in total. The SMILES string of the molecule is CSCC(=O)N1C[C@H]2CC[C@@H]1CN(C(=O)c1ccccc1)C2. The monoisotopic (exact) mass is 318 g/mol. The molecule has 2 atom stereocenters. The van der Waals surface area contributed by atoms with Gasteiger partial charge in [0, 0.05) is 31.2 Å². The summed E-state index contributed by atoms with van der Waals surface area (Å²) < 4.78 is 0. The molecule has 0 aromatic heterocycles. The van der Waals surface area contributed by atoms with Gasteiger partial charge in [-0.2, -0.15) is 11.8 Å². The number of amides is 2. The van der Waals surface area contributed by atoms with Crippen molar-refractivity contribution in [1.82, 2.24) is 9.80 Å². The number of carbonyl (C=O) groups excluding carboxylic acids is 2. The molecule has 3 saturated heterocycles. The van der Waals surface area contributed by atoms with Gasteiger partial charge < -0.3 is 9.80 Å². The lowest BCUT2D eigenvalue weighted by molar-refractivity contribution is -0.132. The van der Waals surface area contributed by atoms with E-state index in [1.807, 2.05) is 46.4 Å². The Bertz CT molecular complexity index is 549. The van der Waals surface area contributed by atoms with E-state index in [1.165, 1.54) is 0 Å². The molecule has 4 rings (SSSR count).